The Morgan fingerprint density at radius 2 is 1.71 bits per heavy atom. The van der Waals surface area contributed by atoms with Crippen LogP contribution in [0.25, 0.3) is 0 Å². The summed E-state index contributed by atoms with van der Waals surface area (Å²) in [6, 6.07) is 12.9. The third kappa shape index (κ3) is 3.63. The third-order valence-corrected chi connectivity index (χ3v) is 8.07. The van der Waals surface area contributed by atoms with Crippen molar-refractivity contribution in [2.75, 3.05) is 24.5 Å². The highest BCUT2D eigenvalue weighted by Crippen LogP contribution is 2.33. The molecule has 1 saturated heterocycles. The number of anilines is 1. The van der Waals surface area contributed by atoms with Crippen molar-refractivity contribution in [3.63, 3.8) is 0 Å². The van der Waals surface area contributed by atoms with Gasteiger partial charge in [-0.2, -0.15) is 4.31 Å². The Morgan fingerprint density at radius 3 is 2.39 bits per heavy atom. The number of benzene rings is 2. The molecule has 5 nitrogen and oxygen atoms in total. The van der Waals surface area contributed by atoms with Gasteiger partial charge >= 0.3 is 0 Å². The lowest BCUT2D eigenvalue weighted by molar-refractivity contribution is -0.123. The molecule has 28 heavy (non-hydrogen) atoms. The van der Waals surface area contributed by atoms with Gasteiger partial charge in [0.2, 0.25) is 15.9 Å². The van der Waals surface area contributed by atoms with E-state index in [0.717, 1.165) is 22.1 Å². The van der Waals surface area contributed by atoms with E-state index in [1.807, 2.05) is 36.1 Å². The first-order valence-electron chi connectivity index (χ1n) is 9.53. The van der Waals surface area contributed by atoms with Crippen LogP contribution in [0.3, 0.4) is 0 Å². The van der Waals surface area contributed by atoms with Gasteiger partial charge < -0.3 is 4.90 Å². The standard InChI is InChI=1S/C21H23BrN2O3S/c1-15-2-5-19(6-3-15)28(26,27)23-11-8-16(9-12-23)21(25)24-13-10-17-14-18(22)4-7-20(17)24/h2-7,14,16H,8-13H2,1H3. The van der Waals surface area contributed by atoms with Crippen LogP contribution in [0.5, 0.6) is 0 Å². The maximum Gasteiger partial charge on any atom is 0.243 e. The quantitative estimate of drug-likeness (QED) is 0.697. The van der Waals surface area contributed by atoms with Crippen LogP contribution in [0.4, 0.5) is 5.69 Å². The van der Waals surface area contributed by atoms with Crippen molar-refractivity contribution in [1.29, 1.82) is 0 Å². The normalized spacial score (nSPS) is 18.3. The minimum atomic E-state index is -3.50. The van der Waals surface area contributed by atoms with Crippen molar-refractivity contribution in [3.05, 3.63) is 58.1 Å². The number of fused-ring (bicyclic) bond motifs is 1. The number of carbonyl (C=O) groups excluding carboxylic acids is 1. The van der Waals surface area contributed by atoms with Gasteiger partial charge in [-0.05, 0) is 62.1 Å². The Balaban J connectivity index is 1.43. The predicted molar refractivity (Wildman–Crippen MR) is 113 cm³/mol. The topological polar surface area (TPSA) is 57.7 Å². The number of sulfonamides is 1. The van der Waals surface area contributed by atoms with Crippen LogP contribution in [0, 0.1) is 12.8 Å². The van der Waals surface area contributed by atoms with E-state index in [1.165, 1.54) is 9.87 Å². The highest BCUT2D eigenvalue weighted by Gasteiger charge is 2.35. The number of rotatable bonds is 3. The van der Waals surface area contributed by atoms with E-state index in [9.17, 15) is 13.2 Å². The molecule has 0 aliphatic carbocycles. The molecular weight excluding hydrogens is 440 g/mol. The van der Waals surface area contributed by atoms with Crippen LogP contribution < -0.4 is 4.90 Å². The third-order valence-electron chi connectivity index (χ3n) is 5.67. The molecule has 2 aromatic rings. The Morgan fingerprint density at radius 1 is 1.04 bits per heavy atom. The number of amides is 1. The van der Waals surface area contributed by atoms with E-state index >= 15 is 0 Å². The predicted octanol–water partition coefficient (Wildman–Crippen LogP) is 3.75. The largest absolute Gasteiger partial charge is 0.312 e. The molecule has 0 N–H and O–H groups in total. The molecule has 0 radical (unpaired) electrons. The molecule has 0 spiro atoms. The smallest absolute Gasteiger partial charge is 0.243 e. The van der Waals surface area contributed by atoms with E-state index in [1.54, 1.807) is 12.1 Å². The summed E-state index contributed by atoms with van der Waals surface area (Å²) >= 11 is 3.48. The Labute approximate surface area is 174 Å². The molecule has 4 rings (SSSR count). The summed E-state index contributed by atoms with van der Waals surface area (Å²) in [4.78, 5) is 15.3. The van der Waals surface area contributed by atoms with Gasteiger partial charge in [0.1, 0.15) is 0 Å². The molecule has 0 aromatic heterocycles. The number of hydrogen-bond acceptors (Lipinski definition) is 3. The molecule has 2 heterocycles. The van der Waals surface area contributed by atoms with Crippen LogP contribution in [-0.2, 0) is 21.2 Å². The molecule has 2 aromatic carbocycles. The zero-order valence-electron chi connectivity index (χ0n) is 15.8. The molecule has 2 aliphatic heterocycles. The average Bonchev–Trinajstić information content (AvgIpc) is 3.11. The number of halogens is 1. The molecule has 148 valence electrons. The molecule has 0 bridgehead atoms. The first-order valence-corrected chi connectivity index (χ1v) is 11.8. The minimum absolute atomic E-state index is 0.119. The summed E-state index contributed by atoms with van der Waals surface area (Å²) in [5.41, 5.74) is 3.20. The Hall–Kier alpha value is -1.70. The molecule has 2 aliphatic rings. The van der Waals surface area contributed by atoms with Crippen molar-refractivity contribution in [2.24, 2.45) is 5.92 Å². The SMILES string of the molecule is Cc1ccc(S(=O)(=O)N2CCC(C(=O)N3CCc4cc(Br)ccc43)CC2)cc1. The molecular formula is C21H23BrN2O3S. The first-order chi connectivity index (χ1) is 13.4. The minimum Gasteiger partial charge on any atom is -0.312 e. The van der Waals surface area contributed by atoms with E-state index in [4.69, 9.17) is 0 Å². The van der Waals surface area contributed by atoms with E-state index in [0.29, 0.717) is 37.4 Å². The van der Waals surface area contributed by atoms with Crippen LogP contribution in [0.1, 0.15) is 24.0 Å². The fraction of sp³-hybridized carbons (Fsp3) is 0.381. The number of hydrogen-bond donors (Lipinski definition) is 0. The van der Waals surface area contributed by atoms with E-state index < -0.39 is 10.0 Å². The average molecular weight is 463 g/mol. The van der Waals surface area contributed by atoms with Crippen molar-refractivity contribution in [1.82, 2.24) is 4.31 Å². The van der Waals surface area contributed by atoms with Crippen LogP contribution >= 0.6 is 15.9 Å². The number of piperidine rings is 1. The second-order valence-electron chi connectivity index (χ2n) is 7.50. The van der Waals surface area contributed by atoms with Crippen molar-refractivity contribution in [2.45, 2.75) is 31.1 Å². The maximum absolute atomic E-state index is 13.1. The first kappa shape index (κ1) is 19.6. The fourth-order valence-electron chi connectivity index (χ4n) is 4.02. The van der Waals surface area contributed by atoms with E-state index in [2.05, 4.69) is 22.0 Å². The Kier molecular flexibility index (Phi) is 5.33. The number of carbonyl (C=O) groups is 1. The van der Waals surface area contributed by atoms with Gasteiger partial charge in [0.15, 0.2) is 0 Å². The van der Waals surface area contributed by atoms with Crippen molar-refractivity contribution < 1.29 is 13.2 Å². The zero-order valence-corrected chi connectivity index (χ0v) is 18.2. The van der Waals surface area contributed by atoms with Gasteiger partial charge in [-0.25, -0.2) is 8.42 Å². The van der Waals surface area contributed by atoms with Gasteiger partial charge in [-0.3, -0.25) is 4.79 Å². The summed E-state index contributed by atoms with van der Waals surface area (Å²) in [5.74, 6) is -0.00693. The number of aryl methyl sites for hydroxylation is 1. The monoisotopic (exact) mass is 462 g/mol. The summed E-state index contributed by atoms with van der Waals surface area (Å²) < 4.78 is 28.2. The highest BCUT2D eigenvalue weighted by molar-refractivity contribution is 9.10. The number of nitrogens with zero attached hydrogens (tertiary/aromatic N) is 2. The summed E-state index contributed by atoms with van der Waals surface area (Å²) in [6.07, 6.45) is 1.99. The van der Waals surface area contributed by atoms with Crippen LogP contribution in [0.15, 0.2) is 51.8 Å². The van der Waals surface area contributed by atoms with Gasteiger partial charge in [-0.1, -0.05) is 33.6 Å². The lowest BCUT2D eigenvalue weighted by Gasteiger charge is -2.32. The molecule has 0 atom stereocenters. The molecule has 1 fully saturated rings. The fourth-order valence-corrected chi connectivity index (χ4v) is 5.90. The van der Waals surface area contributed by atoms with Crippen molar-refractivity contribution in [3.8, 4) is 0 Å². The van der Waals surface area contributed by atoms with Crippen molar-refractivity contribution >= 4 is 37.5 Å². The zero-order chi connectivity index (χ0) is 19.9. The molecule has 1 amide bonds. The second-order valence-corrected chi connectivity index (χ2v) is 10.4. The van der Waals surface area contributed by atoms with E-state index in [-0.39, 0.29) is 11.8 Å². The molecule has 0 unspecified atom stereocenters. The second kappa shape index (κ2) is 7.61. The van der Waals surface area contributed by atoms with Gasteiger partial charge in [-0.15, -0.1) is 0 Å². The summed E-state index contributed by atoms with van der Waals surface area (Å²) in [6.45, 7) is 3.40. The van der Waals surface area contributed by atoms with Gasteiger partial charge in [0.05, 0.1) is 4.90 Å². The van der Waals surface area contributed by atoms with Crippen LogP contribution in [-0.4, -0.2) is 38.3 Å². The molecule has 0 saturated carbocycles. The lowest BCUT2D eigenvalue weighted by Crippen LogP contribution is -2.44. The summed E-state index contributed by atoms with van der Waals surface area (Å²) in [5, 5.41) is 0. The van der Waals surface area contributed by atoms with Gasteiger partial charge in [0.25, 0.3) is 0 Å². The lowest BCUT2D eigenvalue weighted by atomic mass is 9.96. The summed E-state index contributed by atoms with van der Waals surface area (Å²) in [7, 11) is -3.50. The molecule has 7 heteroatoms. The van der Waals surface area contributed by atoms with Crippen LogP contribution in [0.2, 0.25) is 0 Å². The Bertz CT molecular complexity index is 997. The highest BCUT2D eigenvalue weighted by atomic mass is 79.9. The van der Waals surface area contributed by atoms with Gasteiger partial charge in [0, 0.05) is 35.7 Å². The maximum atomic E-state index is 13.1.